The number of aliphatic hydroxyl groups is 1. The van der Waals surface area contributed by atoms with Crippen LogP contribution in [0.15, 0.2) is 53.5 Å². The Bertz CT molecular complexity index is 2380. The van der Waals surface area contributed by atoms with Crippen molar-refractivity contribution in [1.82, 2.24) is 40.5 Å². The standard InChI is InChI=1S/C44H53F2N9O6S2/c1-26(28-9-11-29(12-10-28)39-27(2)47-25-63-39)48-41(58)35-20-31(56)22-55(35)42(59)40(44(3,4)5)50-36(57)8-6-7-15-54-21-30(51-52-54)23-61-38-32(13-14-33(45)37(38)46)34-24-62-43(49-34)53-16-18-60-19-17-53/h9-14,21,24-26,31,35,40,56H,6-8,15-20,22-23H2,1-5H3,(H,48,58)(H,50,57)/t26-,31+,35-,40+/m0/s1. The summed E-state index contributed by atoms with van der Waals surface area (Å²) in [5.41, 5.74) is 5.17. The fraction of sp³-hybridized carbons (Fsp3) is 0.477. The molecule has 0 unspecified atom stereocenters. The number of anilines is 1. The van der Waals surface area contributed by atoms with Crippen molar-refractivity contribution in [1.29, 1.82) is 0 Å². The molecule has 0 bridgehead atoms. The largest absolute Gasteiger partial charge is 0.483 e. The average molecular weight is 906 g/mol. The Morgan fingerprint density at radius 3 is 2.52 bits per heavy atom. The fourth-order valence-electron chi connectivity index (χ4n) is 7.63. The van der Waals surface area contributed by atoms with Crippen LogP contribution in [-0.2, 0) is 32.3 Å². The van der Waals surface area contributed by atoms with E-state index < -0.39 is 41.1 Å². The van der Waals surface area contributed by atoms with Crippen LogP contribution in [0.4, 0.5) is 13.9 Å². The summed E-state index contributed by atoms with van der Waals surface area (Å²) < 4.78 is 42.2. The molecule has 0 radical (unpaired) electrons. The Morgan fingerprint density at radius 2 is 1.81 bits per heavy atom. The minimum absolute atomic E-state index is 0.0259. The Morgan fingerprint density at radius 1 is 1.05 bits per heavy atom. The Balaban J connectivity index is 0.892. The molecule has 3 aromatic heterocycles. The lowest BCUT2D eigenvalue weighted by atomic mass is 9.85. The predicted octanol–water partition coefficient (Wildman–Crippen LogP) is 6.07. The first-order valence-electron chi connectivity index (χ1n) is 21.0. The van der Waals surface area contributed by atoms with Gasteiger partial charge in [-0.15, -0.1) is 27.8 Å². The van der Waals surface area contributed by atoms with E-state index in [2.05, 4.69) is 35.8 Å². The second-order valence-corrected chi connectivity index (χ2v) is 18.6. The molecule has 2 saturated heterocycles. The van der Waals surface area contributed by atoms with Gasteiger partial charge in [-0.05, 0) is 55.4 Å². The fourth-order valence-corrected chi connectivity index (χ4v) is 9.32. The first kappa shape index (κ1) is 45.6. The Labute approximate surface area is 372 Å². The van der Waals surface area contributed by atoms with E-state index in [1.54, 1.807) is 27.6 Å². The summed E-state index contributed by atoms with van der Waals surface area (Å²) in [5, 5.41) is 27.4. The maximum Gasteiger partial charge on any atom is 0.246 e. The van der Waals surface area contributed by atoms with E-state index in [-0.39, 0.29) is 49.6 Å². The predicted molar refractivity (Wildman–Crippen MR) is 235 cm³/mol. The lowest BCUT2D eigenvalue weighted by Gasteiger charge is -2.35. The highest BCUT2D eigenvalue weighted by Crippen LogP contribution is 2.37. The van der Waals surface area contributed by atoms with E-state index in [9.17, 15) is 23.9 Å². The SMILES string of the molecule is Cc1ncsc1-c1ccc([C@H](C)NC(=O)[C@@H]2C[C@@H](O)CN2C(=O)[C@@H](NC(=O)CCCCn2cc(COc3c(-c4csc(N5CCOCC5)n4)ccc(F)c3F)nn2)C(C)(C)C)cc1. The van der Waals surface area contributed by atoms with Gasteiger partial charge in [-0.25, -0.2) is 14.4 Å². The van der Waals surface area contributed by atoms with Crippen molar-refractivity contribution < 1.29 is 37.7 Å². The number of benzene rings is 2. The molecule has 3 amide bonds. The number of aliphatic hydroxyl groups excluding tert-OH is 1. The summed E-state index contributed by atoms with van der Waals surface area (Å²) >= 11 is 2.97. The molecule has 5 heterocycles. The van der Waals surface area contributed by atoms with Crippen molar-refractivity contribution in [3.05, 3.63) is 82.1 Å². The van der Waals surface area contributed by atoms with Gasteiger partial charge >= 0.3 is 0 Å². The summed E-state index contributed by atoms with van der Waals surface area (Å²) in [6.45, 7) is 12.1. The number of amides is 3. The lowest BCUT2D eigenvalue weighted by Crippen LogP contribution is -2.57. The third-order valence-corrected chi connectivity index (χ3v) is 13.0. The highest BCUT2D eigenvalue weighted by atomic mass is 32.1. The maximum atomic E-state index is 15.1. The van der Waals surface area contributed by atoms with Crippen molar-refractivity contribution in [3.63, 3.8) is 0 Å². The zero-order valence-electron chi connectivity index (χ0n) is 36.0. The molecule has 336 valence electrons. The maximum absolute atomic E-state index is 15.1. The average Bonchev–Trinajstić information content (AvgIpc) is 4.10. The summed E-state index contributed by atoms with van der Waals surface area (Å²) in [5.74, 6) is -3.57. The van der Waals surface area contributed by atoms with Gasteiger partial charge in [0.15, 0.2) is 16.7 Å². The van der Waals surface area contributed by atoms with E-state index in [1.807, 2.05) is 64.4 Å². The van der Waals surface area contributed by atoms with Gasteiger partial charge in [-0.1, -0.05) is 50.3 Å². The number of aromatic nitrogens is 5. The van der Waals surface area contributed by atoms with Gasteiger partial charge in [0.05, 0.1) is 53.3 Å². The van der Waals surface area contributed by atoms with Crippen LogP contribution >= 0.6 is 22.7 Å². The summed E-state index contributed by atoms with van der Waals surface area (Å²) in [4.78, 5) is 54.6. The molecule has 5 aromatic rings. The zero-order valence-corrected chi connectivity index (χ0v) is 37.6. The third-order valence-electron chi connectivity index (χ3n) is 11.2. The van der Waals surface area contributed by atoms with E-state index in [4.69, 9.17) is 9.47 Å². The van der Waals surface area contributed by atoms with Crippen LogP contribution in [0.1, 0.15) is 76.4 Å². The number of likely N-dealkylation sites (tertiary alicyclic amines) is 1. The number of carbonyl (C=O) groups is 3. The number of morpholine rings is 1. The van der Waals surface area contributed by atoms with E-state index in [0.29, 0.717) is 62.6 Å². The van der Waals surface area contributed by atoms with Gasteiger partial charge in [-0.3, -0.25) is 19.1 Å². The van der Waals surface area contributed by atoms with E-state index in [0.717, 1.165) is 32.9 Å². The zero-order chi connectivity index (χ0) is 44.8. The molecule has 2 aliphatic rings. The number of hydrogen-bond donors (Lipinski definition) is 3. The summed E-state index contributed by atoms with van der Waals surface area (Å²) in [6.07, 6.45) is 1.98. The molecule has 0 saturated carbocycles. The smallest absolute Gasteiger partial charge is 0.246 e. The van der Waals surface area contributed by atoms with Crippen molar-refractivity contribution in [2.75, 3.05) is 37.7 Å². The lowest BCUT2D eigenvalue weighted by molar-refractivity contribution is -0.144. The van der Waals surface area contributed by atoms with E-state index in [1.165, 1.54) is 22.3 Å². The van der Waals surface area contributed by atoms with Crippen molar-refractivity contribution in [3.8, 4) is 27.4 Å². The van der Waals surface area contributed by atoms with E-state index >= 15 is 4.39 Å². The monoisotopic (exact) mass is 905 g/mol. The number of unbranched alkanes of at least 4 members (excludes halogenated alkanes) is 1. The van der Waals surface area contributed by atoms with Gasteiger partial charge in [0.1, 0.15) is 24.4 Å². The Kier molecular flexibility index (Phi) is 14.5. The van der Waals surface area contributed by atoms with Crippen LogP contribution in [0, 0.1) is 24.0 Å². The van der Waals surface area contributed by atoms with Crippen LogP contribution in [-0.4, -0.2) is 104 Å². The minimum Gasteiger partial charge on any atom is -0.483 e. The Hall–Kier alpha value is -5.37. The van der Waals surface area contributed by atoms with Crippen LogP contribution < -0.4 is 20.3 Å². The highest BCUT2D eigenvalue weighted by Gasteiger charge is 2.44. The number of hydrogen-bond acceptors (Lipinski definition) is 13. The molecule has 3 N–H and O–H groups in total. The number of rotatable bonds is 16. The van der Waals surface area contributed by atoms with Gasteiger partial charge < -0.3 is 35.0 Å². The van der Waals surface area contributed by atoms with Gasteiger partial charge in [0.2, 0.25) is 23.5 Å². The van der Waals surface area contributed by atoms with Crippen LogP contribution in [0.2, 0.25) is 0 Å². The molecule has 4 atom stereocenters. The minimum atomic E-state index is -1.12. The number of ether oxygens (including phenoxy) is 2. The molecule has 2 aromatic carbocycles. The number of aryl methyl sites for hydroxylation is 2. The topological polar surface area (TPSA) is 177 Å². The second kappa shape index (κ2) is 20.0. The number of carbonyl (C=O) groups excluding carboxylic acids is 3. The molecule has 2 fully saturated rings. The second-order valence-electron chi connectivity index (χ2n) is 17.0. The van der Waals surface area contributed by atoms with Crippen molar-refractivity contribution >= 4 is 45.5 Å². The van der Waals surface area contributed by atoms with Gasteiger partial charge in [-0.2, -0.15) is 4.39 Å². The quantitative estimate of drug-likeness (QED) is 0.0981. The first-order valence-corrected chi connectivity index (χ1v) is 22.8. The number of β-amino-alcohol motifs (C(OH)–C–C–N with tert-alkyl or cyclic N) is 1. The third kappa shape index (κ3) is 11.1. The summed E-state index contributed by atoms with van der Waals surface area (Å²) in [7, 11) is 0. The molecule has 63 heavy (non-hydrogen) atoms. The van der Waals surface area contributed by atoms with Crippen LogP contribution in [0.3, 0.4) is 0 Å². The van der Waals surface area contributed by atoms with Crippen LogP contribution in [0.5, 0.6) is 5.75 Å². The highest BCUT2D eigenvalue weighted by molar-refractivity contribution is 7.14. The first-order chi connectivity index (χ1) is 30.2. The van der Waals surface area contributed by atoms with Gasteiger partial charge in [0.25, 0.3) is 0 Å². The number of nitrogens with zero attached hydrogens (tertiary/aromatic N) is 7. The molecular formula is C44H53F2N9O6S2. The molecular weight excluding hydrogens is 853 g/mol. The van der Waals surface area contributed by atoms with Crippen molar-refractivity contribution in [2.24, 2.45) is 5.41 Å². The molecule has 15 nitrogen and oxygen atoms in total. The molecule has 0 aliphatic carbocycles. The molecule has 0 spiro atoms. The van der Waals surface area contributed by atoms with Gasteiger partial charge in [0, 0.05) is 50.0 Å². The number of thiazole rings is 2. The molecule has 19 heteroatoms. The summed E-state index contributed by atoms with van der Waals surface area (Å²) in [6, 6.07) is 8.18. The normalized spacial score (nSPS) is 17.7. The van der Waals surface area contributed by atoms with Crippen LogP contribution in [0.25, 0.3) is 21.7 Å². The molecule has 2 aliphatic heterocycles. The molecule has 7 rings (SSSR count). The van der Waals surface area contributed by atoms with Crippen molar-refractivity contribution in [2.45, 2.75) is 97.7 Å². The number of halogens is 2. The number of nitrogens with one attached hydrogen (secondary N) is 2.